The number of rotatable bonds is 6. The Morgan fingerprint density at radius 1 is 0.867 bits per heavy atom. The Hall–Kier alpha value is -3.98. The van der Waals surface area contributed by atoms with Crippen molar-refractivity contribution in [2.45, 2.75) is 6.92 Å². The van der Waals surface area contributed by atoms with Gasteiger partial charge < -0.3 is 10.6 Å². The van der Waals surface area contributed by atoms with Gasteiger partial charge in [-0.2, -0.15) is 0 Å². The van der Waals surface area contributed by atoms with Gasteiger partial charge in [-0.25, -0.2) is 0 Å². The highest BCUT2D eigenvalue weighted by atomic mass is 35.5. The predicted octanol–water partition coefficient (Wildman–Crippen LogP) is 5.46. The first-order chi connectivity index (χ1) is 14.2. The van der Waals surface area contributed by atoms with Gasteiger partial charge >= 0.3 is 11.4 Å². The number of halogens is 1. The van der Waals surface area contributed by atoms with Crippen molar-refractivity contribution in [3.05, 3.63) is 97.0 Å². The molecule has 30 heavy (non-hydrogen) atoms. The molecule has 0 saturated heterocycles. The number of amides is 1. The van der Waals surface area contributed by atoms with Crippen LogP contribution >= 0.6 is 11.6 Å². The summed E-state index contributed by atoms with van der Waals surface area (Å²) in [6, 6.07) is 15.0. The van der Waals surface area contributed by atoms with Gasteiger partial charge in [0.25, 0.3) is 5.91 Å². The Bertz CT molecular complexity index is 1100. The SMILES string of the molecule is Cc1ccc(Nc2c([N+](=O)[O-])cc(C(=O)Nc3ccc(Cl)cc3)cc2[N+](=O)[O-])cc1. The monoisotopic (exact) mass is 426 g/mol. The Kier molecular flexibility index (Phi) is 5.93. The molecule has 0 atom stereocenters. The molecule has 10 heteroatoms. The number of carbonyl (C=O) groups excluding carboxylic acids is 1. The fourth-order valence-corrected chi connectivity index (χ4v) is 2.80. The first kappa shape index (κ1) is 20.7. The van der Waals surface area contributed by atoms with Crippen molar-refractivity contribution in [2.75, 3.05) is 10.6 Å². The molecule has 0 unspecified atom stereocenters. The second-order valence-corrected chi connectivity index (χ2v) is 6.79. The van der Waals surface area contributed by atoms with Crippen LogP contribution in [0.3, 0.4) is 0 Å². The van der Waals surface area contributed by atoms with Crippen LogP contribution in [0.5, 0.6) is 0 Å². The molecule has 2 N–H and O–H groups in total. The van der Waals surface area contributed by atoms with E-state index < -0.39 is 27.1 Å². The van der Waals surface area contributed by atoms with Gasteiger partial charge in [0.2, 0.25) is 0 Å². The minimum atomic E-state index is -0.775. The first-order valence-electron chi connectivity index (χ1n) is 8.62. The van der Waals surface area contributed by atoms with E-state index in [2.05, 4.69) is 10.6 Å². The maximum Gasteiger partial charge on any atom is 0.300 e. The molecule has 0 fully saturated rings. The van der Waals surface area contributed by atoms with Crippen molar-refractivity contribution in [3.63, 3.8) is 0 Å². The lowest BCUT2D eigenvalue weighted by Gasteiger charge is -2.11. The zero-order chi connectivity index (χ0) is 21.8. The predicted molar refractivity (Wildman–Crippen MR) is 114 cm³/mol. The molecule has 3 rings (SSSR count). The number of nitro groups is 2. The summed E-state index contributed by atoms with van der Waals surface area (Å²) in [4.78, 5) is 34.2. The third-order valence-corrected chi connectivity index (χ3v) is 4.43. The quantitative estimate of drug-likeness (QED) is 0.398. The average molecular weight is 427 g/mol. The van der Waals surface area contributed by atoms with Gasteiger partial charge in [-0.3, -0.25) is 25.0 Å². The van der Waals surface area contributed by atoms with Gasteiger partial charge in [-0.05, 0) is 43.3 Å². The van der Waals surface area contributed by atoms with Crippen molar-refractivity contribution in [2.24, 2.45) is 0 Å². The molecule has 0 aliphatic heterocycles. The van der Waals surface area contributed by atoms with E-state index in [0.29, 0.717) is 16.4 Å². The van der Waals surface area contributed by atoms with Crippen LogP contribution in [0.4, 0.5) is 28.4 Å². The lowest BCUT2D eigenvalue weighted by molar-refractivity contribution is -0.392. The number of nitro benzene ring substituents is 2. The molecule has 3 aromatic rings. The molecule has 0 aliphatic rings. The largest absolute Gasteiger partial charge is 0.344 e. The Balaban J connectivity index is 2.02. The van der Waals surface area contributed by atoms with E-state index in [1.54, 1.807) is 36.4 Å². The third kappa shape index (κ3) is 4.70. The molecule has 0 aliphatic carbocycles. The number of hydrogen-bond donors (Lipinski definition) is 2. The molecule has 9 nitrogen and oxygen atoms in total. The zero-order valence-corrected chi connectivity index (χ0v) is 16.3. The molecule has 3 aromatic carbocycles. The van der Waals surface area contributed by atoms with Crippen LogP contribution in [0, 0.1) is 27.2 Å². The Labute approximate surface area is 175 Å². The fraction of sp³-hybridized carbons (Fsp3) is 0.0500. The minimum absolute atomic E-state index is 0.224. The number of aryl methyl sites for hydroxylation is 1. The summed E-state index contributed by atoms with van der Waals surface area (Å²) in [6.45, 7) is 1.86. The van der Waals surface area contributed by atoms with Gasteiger partial charge in [0, 0.05) is 28.5 Å². The van der Waals surface area contributed by atoms with Gasteiger partial charge in [0.1, 0.15) is 0 Å². The van der Waals surface area contributed by atoms with Crippen molar-refractivity contribution < 1.29 is 14.6 Å². The van der Waals surface area contributed by atoms with E-state index in [9.17, 15) is 25.0 Å². The number of hydrogen-bond acceptors (Lipinski definition) is 6. The van der Waals surface area contributed by atoms with E-state index in [-0.39, 0.29) is 11.3 Å². The topological polar surface area (TPSA) is 127 Å². The highest BCUT2D eigenvalue weighted by Gasteiger charge is 2.29. The van der Waals surface area contributed by atoms with Crippen LogP contribution in [-0.4, -0.2) is 15.8 Å². The number of nitrogens with one attached hydrogen (secondary N) is 2. The third-order valence-electron chi connectivity index (χ3n) is 4.18. The number of anilines is 3. The molecule has 0 radical (unpaired) electrons. The summed E-state index contributed by atoms with van der Waals surface area (Å²) < 4.78 is 0. The van der Waals surface area contributed by atoms with Crippen molar-refractivity contribution >= 4 is 45.9 Å². The molecular formula is C20H15ClN4O5. The summed E-state index contributed by atoms with van der Waals surface area (Å²) in [5, 5.41) is 28.9. The highest BCUT2D eigenvalue weighted by Crippen LogP contribution is 2.38. The van der Waals surface area contributed by atoms with Crippen LogP contribution in [0.25, 0.3) is 0 Å². The first-order valence-corrected chi connectivity index (χ1v) is 9.00. The number of nitrogens with zero attached hydrogens (tertiary/aromatic N) is 2. The van der Waals surface area contributed by atoms with Gasteiger partial charge in [-0.1, -0.05) is 29.3 Å². The summed E-state index contributed by atoms with van der Waals surface area (Å²) in [5.41, 5.74) is 0.0623. The molecule has 0 saturated carbocycles. The number of benzene rings is 3. The van der Waals surface area contributed by atoms with E-state index in [0.717, 1.165) is 17.7 Å². The van der Waals surface area contributed by atoms with E-state index in [4.69, 9.17) is 11.6 Å². The van der Waals surface area contributed by atoms with E-state index in [1.165, 1.54) is 12.1 Å². The van der Waals surface area contributed by atoms with Gasteiger partial charge in [0.15, 0.2) is 5.69 Å². The maximum absolute atomic E-state index is 12.5. The number of carbonyl (C=O) groups is 1. The van der Waals surface area contributed by atoms with Crippen LogP contribution in [0.2, 0.25) is 5.02 Å². The van der Waals surface area contributed by atoms with Crippen molar-refractivity contribution in [1.82, 2.24) is 0 Å². The van der Waals surface area contributed by atoms with Crippen LogP contribution in [-0.2, 0) is 0 Å². The van der Waals surface area contributed by atoms with Gasteiger partial charge in [-0.15, -0.1) is 0 Å². The molecule has 0 heterocycles. The Morgan fingerprint density at radius 2 is 1.37 bits per heavy atom. The molecule has 0 aromatic heterocycles. The summed E-state index contributed by atoms with van der Waals surface area (Å²) in [5.74, 6) is -0.731. The molecule has 0 spiro atoms. The average Bonchev–Trinajstić information content (AvgIpc) is 2.71. The maximum atomic E-state index is 12.5. The summed E-state index contributed by atoms with van der Waals surface area (Å²) in [6.07, 6.45) is 0. The van der Waals surface area contributed by atoms with Gasteiger partial charge in [0.05, 0.1) is 15.4 Å². The molecular weight excluding hydrogens is 412 g/mol. The normalized spacial score (nSPS) is 10.3. The molecule has 1 amide bonds. The molecule has 0 bridgehead atoms. The van der Waals surface area contributed by atoms with Crippen molar-refractivity contribution in [3.8, 4) is 0 Å². The zero-order valence-electron chi connectivity index (χ0n) is 15.6. The standard InChI is InChI=1S/C20H15ClN4O5/c1-12-2-6-15(7-3-12)22-19-17(24(27)28)10-13(11-18(19)25(29)30)20(26)23-16-8-4-14(21)5-9-16/h2-11,22H,1H3,(H,23,26). The lowest BCUT2D eigenvalue weighted by atomic mass is 10.1. The summed E-state index contributed by atoms with van der Waals surface area (Å²) >= 11 is 5.80. The summed E-state index contributed by atoms with van der Waals surface area (Å²) in [7, 11) is 0. The fourth-order valence-electron chi connectivity index (χ4n) is 2.68. The van der Waals surface area contributed by atoms with Crippen LogP contribution in [0.15, 0.2) is 60.7 Å². The van der Waals surface area contributed by atoms with E-state index >= 15 is 0 Å². The second-order valence-electron chi connectivity index (χ2n) is 6.36. The highest BCUT2D eigenvalue weighted by molar-refractivity contribution is 6.30. The van der Waals surface area contributed by atoms with Crippen LogP contribution in [0.1, 0.15) is 15.9 Å². The smallest absolute Gasteiger partial charge is 0.300 e. The van der Waals surface area contributed by atoms with Crippen molar-refractivity contribution in [1.29, 1.82) is 0 Å². The second kappa shape index (κ2) is 8.58. The lowest BCUT2D eigenvalue weighted by Crippen LogP contribution is -2.13. The van der Waals surface area contributed by atoms with E-state index in [1.807, 2.05) is 6.92 Å². The molecule has 152 valence electrons. The Morgan fingerprint density at radius 3 is 1.87 bits per heavy atom. The van der Waals surface area contributed by atoms with Crippen LogP contribution < -0.4 is 10.6 Å². The minimum Gasteiger partial charge on any atom is -0.344 e.